The molecule has 20 heavy (non-hydrogen) atoms. The van der Waals surface area contributed by atoms with Crippen molar-refractivity contribution < 1.29 is 17.9 Å². The van der Waals surface area contributed by atoms with Crippen LogP contribution in [0.5, 0.6) is 0 Å². The largest absolute Gasteiger partial charge is 0.379 e. The summed E-state index contributed by atoms with van der Waals surface area (Å²) < 4.78 is 30.5. The molecule has 0 aromatic carbocycles. The van der Waals surface area contributed by atoms with Gasteiger partial charge in [0.2, 0.25) is 15.9 Å². The Kier molecular flexibility index (Phi) is 4.38. The summed E-state index contributed by atoms with van der Waals surface area (Å²) in [6.45, 7) is 3.58. The monoisotopic (exact) mass is 305 g/mol. The van der Waals surface area contributed by atoms with E-state index in [0.29, 0.717) is 26.3 Å². The fourth-order valence-corrected chi connectivity index (χ4v) is 3.63. The third-order valence-electron chi connectivity index (χ3n) is 4.10. The maximum Gasteiger partial charge on any atom is 0.232 e. The van der Waals surface area contributed by atoms with Crippen molar-refractivity contribution in [1.29, 1.82) is 0 Å². The van der Waals surface area contributed by atoms with Gasteiger partial charge in [-0.1, -0.05) is 0 Å². The summed E-state index contributed by atoms with van der Waals surface area (Å²) in [4.78, 5) is 14.3. The molecule has 3 unspecified atom stereocenters. The van der Waals surface area contributed by atoms with Gasteiger partial charge in [0.25, 0.3) is 0 Å². The number of hydrogen-bond acceptors (Lipinski definition) is 5. The second-order valence-corrected chi connectivity index (χ2v) is 7.80. The summed E-state index contributed by atoms with van der Waals surface area (Å²) >= 11 is 0. The molecule has 2 saturated heterocycles. The zero-order valence-electron chi connectivity index (χ0n) is 12.0. The molecule has 1 amide bonds. The Bertz CT molecular complexity index is 481. The molecular formula is C12H23N3O4S. The van der Waals surface area contributed by atoms with Gasteiger partial charge >= 0.3 is 0 Å². The SMILES string of the molecule is CC1(C(=O)N2CCCC(NS(C)(=O)=O)C2)COCC1N. The van der Waals surface area contributed by atoms with E-state index in [2.05, 4.69) is 4.72 Å². The molecule has 0 aromatic heterocycles. The van der Waals surface area contributed by atoms with Crippen LogP contribution in [-0.4, -0.2) is 63.9 Å². The molecule has 2 aliphatic heterocycles. The van der Waals surface area contributed by atoms with Crippen LogP contribution in [-0.2, 0) is 19.6 Å². The number of nitrogens with one attached hydrogen (secondary N) is 1. The van der Waals surface area contributed by atoms with Crippen LogP contribution in [0.25, 0.3) is 0 Å². The van der Waals surface area contributed by atoms with E-state index in [-0.39, 0.29) is 18.0 Å². The van der Waals surface area contributed by atoms with Crippen LogP contribution in [0.3, 0.4) is 0 Å². The topological polar surface area (TPSA) is 102 Å². The standard InChI is InChI=1S/C12H23N3O4S/c1-12(8-19-7-10(12)13)11(16)15-5-3-4-9(6-15)14-20(2,17)18/h9-10,14H,3-8,13H2,1-2H3. The number of rotatable bonds is 3. The highest BCUT2D eigenvalue weighted by Gasteiger charge is 2.47. The van der Waals surface area contributed by atoms with Gasteiger partial charge in [-0.2, -0.15) is 0 Å². The lowest BCUT2D eigenvalue weighted by Crippen LogP contribution is -2.56. The molecule has 116 valence electrons. The van der Waals surface area contributed by atoms with E-state index in [1.165, 1.54) is 0 Å². The van der Waals surface area contributed by atoms with Gasteiger partial charge < -0.3 is 15.4 Å². The van der Waals surface area contributed by atoms with Gasteiger partial charge in [-0.3, -0.25) is 4.79 Å². The number of hydrogen-bond donors (Lipinski definition) is 2. The molecule has 0 aromatic rings. The van der Waals surface area contributed by atoms with E-state index >= 15 is 0 Å². The first kappa shape index (κ1) is 15.7. The molecule has 3 N–H and O–H groups in total. The summed E-state index contributed by atoms with van der Waals surface area (Å²) in [5.41, 5.74) is 5.27. The van der Waals surface area contributed by atoms with Crippen molar-refractivity contribution in [2.75, 3.05) is 32.6 Å². The highest BCUT2D eigenvalue weighted by Crippen LogP contribution is 2.30. The molecule has 2 fully saturated rings. The number of sulfonamides is 1. The maximum atomic E-state index is 12.6. The Morgan fingerprint density at radius 3 is 2.75 bits per heavy atom. The Hall–Kier alpha value is -0.700. The van der Waals surface area contributed by atoms with Crippen LogP contribution in [0.2, 0.25) is 0 Å². The highest BCUT2D eigenvalue weighted by atomic mass is 32.2. The van der Waals surface area contributed by atoms with Crippen LogP contribution in [0.4, 0.5) is 0 Å². The first-order chi connectivity index (χ1) is 9.22. The normalized spacial score (nSPS) is 35.2. The number of nitrogens with zero attached hydrogens (tertiary/aromatic N) is 1. The molecular weight excluding hydrogens is 282 g/mol. The van der Waals surface area contributed by atoms with Gasteiger partial charge in [0.1, 0.15) is 0 Å². The average molecular weight is 305 g/mol. The Balaban J connectivity index is 2.03. The quantitative estimate of drug-likeness (QED) is 0.688. The third-order valence-corrected chi connectivity index (χ3v) is 4.86. The molecule has 7 nitrogen and oxygen atoms in total. The minimum atomic E-state index is -3.26. The van der Waals surface area contributed by atoms with Crippen molar-refractivity contribution in [3.63, 3.8) is 0 Å². The molecule has 3 atom stereocenters. The van der Waals surface area contributed by atoms with Gasteiger partial charge in [-0.25, -0.2) is 13.1 Å². The van der Waals surface area contributed by atoms with Crippen molar-refractivity contribution in [3.05, 3.63) is 0 Å². The predicted molar refractivity (Wildman–Crippen MR) is 74.5 cm³/mol. The average Bonchev–Trinajstić information content (AvgIpc) is 2.68. The summed E-state index contributed by atoms with van der Waals surface area (Å²) in [6, 6.07) is -0.525. The van der Waals surface area contributed by atoms with E-state index < -0.39 is 15.4 Å². The minimum absolute atomic E-state index is 0.0394. The first-order valence-electron chi connectivity index (χ1n) is 6.82. The van der Waals surface area contributed by atoms with E-state index in [0.717, 1.165) is 19.1 Å². The Labute approximate surface area is 119 Å². The van der Waals surface area contributed by atoms with Crippen LogP contribution in [0.15, 0.2) is 0 Å². The van der Waals surface area contributed by atoms with Crippen LogP contribution in [0, 0.1) is 5.41 Å². The number of piperidine rings is 1. The molecule has 2 heterocycles. The van der Waals surface area contributed by atoms with E-state index in [4.69, 9.17) is 10.5 Å². The minimum Gasteiger partial charge on any atom is -0.379 e. The van der Waals surface area contributed by atoms with Crippen LogP contribution >= 0.6 is 0 Å². The molecule has 8 heteroatoms. The van der Waals surface area contributed by atoms with Crippen molar-refractivity contribution in [2.45, 2.75) is 31.8 Å². The fraction of sp³-hybridized carbons (Fsp3) is 0.917. The van der Waals surface area contributed by atoms with Gasteiger partial charge in [-0.15, -0.1) is 0 Å². The summed E-state index contributed by atoms with van der Waals surface area (Å²) in [5.74, 6) is -0.0394. The van der Waals surface area contributed by atoms with Crippen LogP contribution in [0.1, 0.15) is 19.8 Å². The van der Waals surface area contributed by atoms with Crippen molar-refractivity contribution in [3.8, 4) is 0 Å². The van der Waals surface area contributed by atoms with E-state index in [1.807, 2.05) is 6.92 Å². The molecule has 0 radical (unpaired) electrons. The van der Waals surface area contributed by atoms with Crippen LogP contribution < -0.4 is 10.5 Å². The molecule has 0 saturated carbocycles. The van der Waals surface area contributed by atoms with Gasteiger partial charge in [0, 0.05) is 25.2 Å². The zero-order valence-corrected chi connectivity index (χ0v) is 12.8. The van der Waals surface area contributed by atoms with Crippen molar-refractivity contribution in [2.24, 2.45) is 11.1 Å². The lowest BCUT2D eigenvalue weighted by Gasteiger charge is -2.38. The number of carbonyl (C=O) groups excluding carboxylic acids is 1. The van der Waals surface area contributed by atoms with Crippen molar-refractivity contribution in [1.82, 2.24) is 9.62 Å². The summed E-state index contributed by atoms with van der Waals surface area (Å²) in [5, 5.41) is 0. The summed E-state index contributed by atoms with van der Waals surface area (Å²) in [6.07, 6.45) is 2.66. The smallest absolute Gasteiger partial charge is 0.232 e. The molecule has 0 aliphatic carbocycles. The highest BCUT2D eigenvalue weighted by molar-refractivity contribution is 7.88. The zero-order chi connectivity index (χ0) is 15.0. The second kappa shape index (κ2) is 5.59. The number of carbonyl (C=O) groups is 1. The fourth-order valence-electron chi connectivity index (χ4n) is 2.83. The van der Waals surface area contributed by atoms with E-state index in [1.54, 1.807) is 4.90 Å². The predicted octanol–water partition coefficient (Wildman–Crippen LogP) is -1.11. The van der Waals surface area contributed by atoms with E-state index in [9.17, 15) is 13.2 Å². The Morgan fingerprint density at radius 2 is 2.20 bits per heavy atom. The first-order valence-corrected chi connectivity index (χ1v) is 8.71. The summed E-state index contributed by atoms with van der Waals surface area (Å²) in [7, 11) is -3.26. The van der Waals surface area contributed by atoms with Crippen molar-refractivity contribution >= 4 is 15.9 Å². The molecule has 0 bridgehead atoms. The second-order valence-electron chi connectivity index (χ2n) is 6.02. The molecule has 2 aliphatic rings. The number of amides is 1. The maximum absolute atomic E-state index is 12.6. The molecule has 2 rings (SSSR count). The number of ether oxygens (including phenoxy) is 1. The lowest BCUT2D eigenvalue weighted by atomic mass is 9.83. The lowest BCUT2D eigenvalue weighted by molar-refractivity contribution is -0.143. The molecule has 0 spiro atoms. The third kappa shape index (κ3) is 3.30. The number of likely N-dealkylation sites (tertiary alicyclic amines) is 1. The number of nitrogens with two attached hydrogens (primary N) is 1. The van der Waals surface area contributed by atoms with Gasteiger partial charge in [0.15, 0.2) is 0 Å². The van der Waals surface area contributed by atoms with Gasteiger partial charge in [-0.05, 0) is 19.8 Å². The van der Waals surface area contributed by atoms with Gasteiger partial charge in [0.05, 0.1) is 24.9 Å². The Morgan fingerprint density at radius 1 is 1.50 bits per heavy atom.